The summed E-state index contributed by atoms with van der Waals surface area (Å²) in [5, 5.41) is 1.56. The molecule has 0 aliphatic carbocycles. The highest BCUT2D eigenvalue weighted by atomic mass is 35.5. The molecule has 0 saturated heterocycles. The van der Waals surface area contributed by atoms with Crippen LogP contribution >= 0.6 is 22.9 Å². The molecule has 0 saturated carbocycles. The van der Waals surface area contributed by atoms with Crippen molar-refractivity contribution in [2.75, 3.05) is 0 Å². The molecule has 0 fully saturated rings. The summed E-state index contributed by atoms with van der Waals surface area (Å²) in [7, 11) is 0. The van der Waals surface area contributed by atoms with Crippen molar-refractivity contribution in [2.24, 2.45) is 5.73 Å². The third-order valence-electron chi connectivity index (χ3n) is 5.16. The predicted molar refractivity (Wildman–Crippen MR) is 117 cm³/mol. The molecule has 2 aromatic heterocycles. The highest BCUT2D eigenvalue weighted by Crippen LogP contribution is 2.40. The second-order valence-electron chi connectivity index (χ2n) is 7.11. The van der Waals surface area contributed by atoms with Crippen LogP contribution in [0, 0.1) is 0 Å². The number of rotatable bonds is 4. The van der Waals surface area contributed by atoms with Gasteiger partial charge in [-0.1, -0.05) is 48.0 Å². The average Bonchev–Trinajstić information content (AvgIpc) is 3.17. The van der Waals surface area contributed by atoms with Gasteiger partial charge in [0.25, 0.3) is 0 Å². The highest BCUT2D eigenvalue weighted by Gasteiger charge is 2.37. The number of nitrogens with zero attached hydrogens (tertiary/aromatic N) is 1. The highest BCUT2D eigenvalue weighted by molar-refractivity contribution is 7.19. The lowest BCUT2D eigenvalue weighted by atomic mass is 9.99. The largest absolute Gasteiger partial charge is 0.395 e. The summed E-state index contributed by atoms with van der Waals surface area (Å²) in [4.78, 5) is 5.26. The van der Waals surface area contributed by atoms with E-state index in [1.165, 1.54) is 29.7 Å². The van der Waals surface area contributed by atoms with Crippen LogP contribution in [0.25, 0.3) is 21.3 Å². The summed E-state index contributed by atoms with van der Waals surface area (Å²) in [6, 6.07) is 17.7. The normalized spacial score (nSPS) is 14.1. The zero-order valence-electron chi connectivity index (χ0n) is 16.0. The van der Waals surface area contributed by atoms with E-state index in [-0.39, 0.29) is 5.56 Å². The number of thiophene rings is 1. The van der Waals surface area contributed by atoms with Gasteiger partial charge >= 0.3 is 6.18 Å². The Labute approximate surface area is 181 Å². The van der Waals surface area contributed by atoms with Gasteiger partial charge < -0.3 is 5.73 Å². The number of benzene rings is 2. The van der Waals surface area contributed by atoms with Crippen molar-refractivity contribution < 1.29 is 13.2 Å². The Morgan fingerprint density at radius 1 is 1.03 bits per heavy atom. The van der Waals surface area contributed by atoms with Crippen LogP contribution in [-0.4, -0.2) is 11.2 Å². The Bertz CT molecular complexity index is 1200. The molecule has 30 heavy (non-hydrogen) atoms. The van der Waals surface area contributed by atoms with E-state index in [1.54, 1.807) is 6.07 Å². The van der Waals surface area contributed by atoms with Gasteiger partial charge in [-0.2, -0.15) is 13.2 Å². The number of nitrogens with two attached hydrogens (primary N) is 1. The fraction of sp³-hybridized carbons (Fsp3) is 0.174. The third kappa shape index (κ3) is 3.95. The first-order valence-corrected chi connectivity index (χ1v) is 10.5. The second-order valence-corrected chi connectivity index (χ2v) is 8.60. The van der Waals surface area contributed by atoms with E-state index in [0.717, 1.165) is 33.0 Å². The summed E-state index contributed by atoms with van der Waals surface area (Å²) in [5.74, 6) is -1.56. The van der Waals surface area contributed by atoms with Gasteiger partial charge in [0.05, 0.1) is 17.7 Å². The first-order valence-electron chi connectivity index (χ1n) is 9.31. The fourth-order valence-electron chi connectivity index (χ4n) is 3.37. The van der Waals surface area contributed by atoms with Crippen molar-refractivity contribution in [3.8, 4) is 11.3 Å². The van der Waals surface area contributed by atoms with Crippen molar-refractivity contribution in [2.45, 2.75) is 25.1 Å². The quantitative estimate of drug-likeness (QED) is 0.356. The maximum absolute atomic E-state index is 13.2. The molecule has 0 bridgehead atoms. The molecule has 4 aromatic rings. The first kappa shape index (κ1) is 20.8. The zero-order valence-corrected chi connectivity index (χ0v) is 17.5. The van der Waals surface area contributed by atoms with Gasteiger partial charge in [-0.05, 0) is 47.7 Å². The zero-order chi connectivity index (χ0) is 21.5. The number of hydrogen-bond acceptors (Lipinski definition) is 3. The topological polar surface area (TPSA) is 38.9 Å². The maximum Gasteiger partial charge on any atom is 0.395 e. The molecule has 0 aliphatic heterocycles. The lowest BCUT2D eigenvalue weighted by molar-refractivity contribution is -0.146. The third-order valence-corrected chi connectivity index (χ3v) is 6.77. The van der Waals surface area contributed by atoms with Gasteiger partial charge in [0.2, 0.25) is 0 Å². The molecule has 7 heteroatoms. The Morgan fingerprint density at radius 2 is 1.80 bits per heavy atom. The maximum atomic E-state index is 13.2. The molecule has 2 aromatic carbocycles. The molecule has 0 aliphatic rings. The van der Waals surface area contributed by atoms with Crippen LogP contribution in [-0.2, 0) is 0 Å². The Balaban J connectivity index is 1.78. The van der Waals surface area contributed by atoms with Gasteiger partial charge in [0, 0.05) is 26.4 Å². The van der Waals surface area contributed by atoms with Crippen molar-refractivity contribution in [3.63, 3.8) is 0 Å². The van der Waals surface area contributed by atoms with E-state index in [2.05, 4.69) is 4.98 Å². The minimum Gasteiger partial charge on any atom is -0.320 e. The van der Waals surface area contributed by atoms with Gasteiger partial charge in [-0.15, -0.1) is 11.3 Å². The molecule has 2 N–H and O–H groups in total. The van der Waals surface area contributed by atoms with Gasteiger partial charge in [-0.25, -0.2) is 0 Å². The molecule has 0 spiro atoms. The van der Waals surface area contributed by atoms with Crippen LogP contribution in [0.4, 0.5) is 13.2 Å². The van der Waals surface area contributed by atoms with Crippen LogP contribution < -0.4 is 5.73 Å². The van der Waals surface area contributed by atoms with Crippen LogP contribution in [0.1, 0.15) is 34.9 Å². The average molecular weight is 447 g/mol. The first-order chi connectivity index (χ1) is 14.3. The Kier molecular flexibility index (Phi) is 5.57. The summed E-state index contributed by atoms with van der Waals surface area (Å²) < 4.78 is 40.4. The van der Waals surface area contributed by atoms with E-state index in [9.17, 15) is 13.2 Å². The number of fused-ring (bicyclic) bond motifs is 1. The Morgan fingerprint density at radius 3 is 2.53 bits per heavy atom. The van der Waals surface area contributed by atoms with Crippen LogP contribution in [0.5, 0.6) is 0 Å². The number of alkyl halides is 3. The van der Waals surface area contributed by atoms with E-state index in [0.29, 0.717) is 10.7 Å². The number of aromatic nitrogens is 1. The smallest absolute Gasteiger partial charge is 0.320 e. The standard InChI is InChI=1S/C23H18ClF3N2S/c1-13(23(25,26)27)14-9-10-29-19(11-14)17-7-4-5-15-12-20(30-22(15)17)21(28)16-6-2-3-8-18(16)24/h2-13,21H,28H2,1H3. The minimum absolute atomic E-state index is 0.189. The molecule has 4 rings (SSSR count). The van der Waals surface area contributed by atoms with Gasteiger partial charge in [0.15, 0.2) is 0 Å². The van der Waals surface area contributed by atoms with Crippen molar-refractivity contribution in [3.05, 3.63) is 87.9 Å². The molecule has 154 valence electrons. The molecule has 2 atom stereocenters. The monoisotopic (exact) mass is 446 g/mol. The summed E-state index contributed by atoms with van der Waals surface area (Å²) in [6.07, 6.45) is -2.88. The van der Waals surface area contributed by atoms with Gasteiger partial charge in [-0.3, -0.25) is 4.98 Å². The second kappa shape index (κ2) is 8.02. The molecule has 2 unspecified atom stereocenters. The van der Waals surface area contributed by atoms with Crippen molar-refractivity contribution in [1.29, 1.82) is 0 Å². The SMILES string of the molecule is CC(c1ccnc(-c2cccc3cc(C(N)c4ccccc4Cl)sc23)c1)C(F)(F)F. The number of pyridine rings is 1. The van der Waals surface area contributed by atoms with Crippen molar-refractivity contribution in [1.82, 2.24) is 4.98 Å². The van der Waals surface area contributed by atoms with Gasteiger partial charge in [0.1, 0.15) is 0 Å². The molecule has 2 heterocycles. The molecular formula is C23H18ClF3N2S. The Hall–Kier alpha value is -2.41. The van der Waals surface area contributed by atoms with Crippen LogP contribution in [0.3, 0.4) is 0 Å². The predicted octanol–water partition coefficient (Wildman–Crippen LogP) is 7.33. The van der Waals surface area contributed by atoms with Crippen LogP contribution in [0.15, 0.2) is 66.9 Å². The summed E-state index contributed by atoms with van der Waals surface area (Å²) in [6.45, 7) is 1.16. The molecule has 0 radical (unpaired) electrons. The van der Waals surface area contributed by atoms with E-state index in [1.807, 2.05) is 42.5 Å². The number of hydrogen-bond donors (Lipinski definition) is 1. The molecular weight excluding hydrogens is 429 g/mol. The lowest BCUT2D eigenvalue weighted by Gasteiger charge is -2.16. The number of halogens is 4. The summed E-state index contributed by atoms with van der Waals surface area (Å²) in [5.41, 5.74) is 8.77. The fourth-order valence-corrected chi connectivity index (χ4v) is 4.83. The van der Waals surface area contributed by atoms with E-state index in [4.69, 9.17) is 17.3 Å². The van der Waals surface area contributed by atoms with E-state index < -0.39 is 18.1 Å². The lowest BCUT2D eigenvalue weighted by Crippen LogP contribution is -2.17. The van der Waals surface area contributed by atoms with Crippen LogP contribution in [0.2, 0.25) is 5.02 Å². The summed E-state index contributed by atoms with van der Waals surface area (Å²) >= 11 is 7.81. The van der Waals surface area contributed by atoms with E-state index >= 15 is 0 Å². The molecule has 0 amide bonds. The molecule has 2 nitrogen and oxygen atoms in total. The van der Waals surface area contributed by atoms with Crippen molar-refractivity contribution >= 4 is 33.0 Å². The minimum atomic E-state index is -4.30.